The molecule has 2 rings (SSSR count). The third-order valence-corrected chi connectivity index (χ3v) is 5.71. The number of guanidine groups is 1. The van der Waals surface area contributed by atoms with Gasteiger partial charge in [0.25, 0.3) is 0 Å². The van der Waals surface area contributed by atoms with Crippen LogP contribution in [0.3, 0.4) is 0 Å². The standard InChI is InChI=1S/C21H42N4O2/c1-6-22-20(24-16-18-10-7-11-25(18)12-14-26-5)23-15-17-9-8-13-27-19(17)21(2,3)4/h17-19H,6-16H2,1-5H3,(H2,22,23,24). The summed E-state index contributed by atoms with van der Waals surface area (Å²) in [5.74, 6) is 1.44. The van der Waals surface area contributed by atoms with Crippen LogP contribution in [0.4, 0.5) is 0 Å². The lowest BCUT2D eigenvalue weighted by Gasteiger charge is -2.39. The van der Waals surface area contributed by atoms with Crippen molar-refractivity contribution >= 4 is 5.96 Å². The van der Waals surface area contributed by atoms with Crippen LogP contribution in [0.25, 0.3) is 0 Å². The van der Waals surface area contributed by atoms with Crippen LogP contribution in [-0.2, 0) is 9.47 Å². The van der Waals surface area contributed by atoms with Gasteiger partial charge in [0.05, 0.1) is 12.7 Å². The van der Waals surface area contributed by atoms with E-state index >= 15 is 0 Å². The maximum absolute atomic E-state index is 6.11. The fourth-order valence-electron chi connectivity index (χ4n) is 4.38. The van der Waals surface area contributed by atoms with Crippen molar-refractivity contribution in [1.29, 1.82) is 0 Å². The van der Waals surface area contributed by atoms with Crippen molar-refractivity contribution in [3.8, 4) is 0 Å². The lowest BCUT2D eigenvalue weighted by Crippen LogP contribution is -2.46. The highest BCUT2D eigenvalue weighted by atomic mass is 16.5. The molecule has 0 spiro atoms. The highest BCUT2D eigenvalue weighted by molar-refractivity contribution is 5.79. The third kappa shape index (κ3) is 7.24. The van der Waals surface area contributed by atoms with Crippen LogP contribution < -0.4 is 10.6 Å². The molecule has 2 aliphatic heterocycles. The Morgan fingerprint density at radius 1 is 1.22 bits per heavy atom. The van der Waals surface area contributed by atoms with Gasteiger partial charge in [0.2, 0.25) is 0 Å². The quantitative estimate of drug-likeness (QED) is 0.499. The fourth-order valence-corrected chi connectivity index (χ4v) is 4.38. The zero-order chi connectivity index (χ0) is 19.7. The summed E-state index contributed by atoms with van der Waals surface area (Å²) in [4.78, 5) is 7.45. The minimum absolute atomic E-state index is 0.165. The summed E-state index contributed by atoms with van der Waals surface area (Å²) < 4.78 is 11.4. The first-order valence-electron chi connectivity index (χ1n) is 10.8. The van der Waals surface area contributed by atoms with Crippen molar-refractivity contribution in [2.45, 2.75) is 65.5 Å². The molecule has 0 aromatic rings. The molecule has 0 amide bonds. The molecule has 0 saturated carbocycles. The Bertz CT molecular complexity index is 450. The number of hydrogen-bond donors (Lipinski definition) is 2. The van der Waals surface area contributed by atoms with Gasteiger partial charge in [-0.25, -0.2) is 0 Å². The summed E-state index contributed by atoms with van der Waals surface area (Å²) in [6, 6.07) is 0.573. The topological polar surface area (TPSA) is 58.1 Å². The van der Waals surface area contributed by atoms with E-state index in [9.17, 15) is 0 Å². The Kier molecular flexibility index (Phi) is 9.33. The maximum atomic E-state index is 6.11. The number of likely N-dealkylation sites (tertiary alicyclic amines) is 1. The second-order valence-corrected chi connectivity index (χ2v) is 8.99. The van der Waals surface area contributed by atoms with Gasteiger partial charge in [-0.1, -0.05) is 20.8 Å². The van der Waals surface area contributed by atoms with Gasteiger partial charge in [0, 0.05) is 51.9 Å². The van der Waals surface area contributed by atoms with E-state index in [2.05, 4.69) is 43.2 Å². The molecule has 2 saturated heterocycles. The first-order chi connectivity index (χ1) is 13.0. The lowest BCUT2D eigenvalue weighted by atomic mass is 9.78. The molecule has 2 fully saturated rings. The Morgan fingerprint density at radius 2 is 2.04 bits per heavy atom. The molecule has 158 valence electrons. The van der Waals surface area contributed by atoms with E-state index in [0.29, 0.717) is 12.0 Å². The molecule has 27 heavy (non-hydrogen) atoms. The number of aliphatic imine (C=N–C) groups is 1. The molecule has 0 bridgehead atoms. The number of nitrogens with one attached hydrogen (secondary N) is 2. The minimum atomic E-state index is 0.165. The average Bonchev–Trinajstić information content (AvgIpc) is 3.09. The van der Waals surface area contributed by atoms with Crippen molar-refractivity contribution in [2.75, 3.05) is 53.0 Å². The van der Waals surface area contributed by atoms with E-state index in [0.717, 1.165) is 51.8 Å². The Labute approximate surface area is 166 Å². The number of hydrogen-bond acceptors (Lipinski definition) is 4. The molecule has 2 aliphatic rings. The molecular formula is C21H42N4O2. The van der Waals surface area contributed by atoms with Gasteiger partial charge in [-0.2, -0.15) is 0 Å². The minimum Gasteiger partial charge on any atom is -0.383 e. The Hall–Kier alpha value is -0.850. The predicted octanol–water partition coefficient (Wildman–Crippen LogP) is 2.49. The van der Waals surface area contributed by atoms with Crippen LogP contribution in [0.2, 0.25) is 0 Å². The predicted molar refractivity (Wildman–Crippen MR) is 112 cm³/mol. The molecule has 0 aliphatic carbocycles. The second kappa shape index (κ2) is 11.2. The van der Waals surface area contributed by atoms with E-state index in [-0.39, 0.29) is 11.5 Å². The first-order valence-corrected chi connectivity index (χ1v) is 10.8. The second-order valence-electron chi connectivity index (χ2n) is 8.99. The van der Waals surface area contributed by atoms with Crippen LogP contribution in [0.5, 0.6) is 0 Å². The molecule has 2 N–H and O–H groups in total. The van der Waals surface area contributed by atoms with Crippen LogP contribution in [-0.4, -0.2) is 76.1 Å². The van der Waals surface area contributed by atoms with Gasteiger partial charge < -0.3 is 20.1 Å². The van der Waals surface area contributed by atoms with Gasteiger partial charge in [0.15, 0.2) is 5.96 Å². The van der Waals surface area contributed by atoms with E-state index in [1.54, 1.807) is 7.11 Å². The maximum Gasteiger partial charge on any atom is 0.191 e. The van der Waals surface area contributed by atoms with Crippen LogP contribution in [0.1, 0.15) is 53.4 Å². The van der Waals surface area contributed by atoms with Gasteiger partial charge in [-0.15, -0.1) is 0 Å². The Morgan fingerprint density at radius 3 is 2.74 bits per heavy atom. The summed E-state index contributed by atoms with van der Waals surface area (Å²) >= 11 is 0. The van der Waals surface area contributed by atoms with Gasteiger partial charge in [0.1, 0.15) is 0 Å². The number of ether oxygens (including phenoxy) is 2. The number of rotatable bonds is 8. The molecular weight excluding hydrogens is 340 g/mol. The molecule has 6 heteroatoms. The zero-order valence-corrected chi connectivity index (χ0v) is 18.2. The monoisotopic (exact) mass is 382 g/mol. The molecule has 0 aromatic carbocycles. The number of methoxy groups -OCH3 is 1. The van der Waals surface area contributed by atoms with Gasteiger partial charge >= 0.3 is 0 Å². The summed E-state index contributed by atoms with van der Waals surface area (Å²) in [6.45, 7) is 15.5. The van der Waals surface area contributed by atoms with E-state index in [4.69, 9.17) is 14.5 Å². The van der Waals surface area contributed by atoms with Crippen LogP contribution in [0, 0.1) is 11.3 Å². The van der Waals surface area contributed by atoms with Crippen LogP contribution in [0.15, 0.2) is 4.99 Å². The molecule has 2 heterocycles. The summed E-state index contributed by atoms with van der Waals surface area (Å²) in [7, 11) is 1.78. The molecule has 0 radical (unpaired) electrons. The highest BCUT2D eigenvalue weighted by Crippen LogP contribution is 2.34. The van der Waals surface area contributed by atoms with Gasteiger partial charge in [-0.3, -0.25) is 9.89 Å². The molecule has 0 aromatic heterocycles. The van der Waals surface area contributed by atoms with Crippen molar-refractivity contribution in [3.63, 3.8) is 0 Å². The highest BCUT2D eigenvalue weighted by Gasteiger charge is 2.35. The largest absolute Gasteiger partial charge is 0.383 e. The van der Waals surface area contributed by atoms with Crippen molar-refractivity contribution in [3.05, 3.63) is 0 Å². The first kappa shape index (κ1) is 22.4. The van der Waals surface area contributed by atoms with Crippen molar-refractivity contribution < 1.29 is 9.47 Å². The van der Waals surface area contributed by atoms with Crippen molar-refractivity contribution in [2.24, 2.45) is 16.3 Å². The number of nitrogens with zero attached hydrogens (tertiary/aromatic N) is 2. The van der Waals surface area contributed by atoms with E-state index in [1.165, 1.54) is 25.8 Å². The zero-order valence-electron chi connectivity index (χ0n) is 18.2. The van der Waals surface area contributed by atoms with Crippen LogP contribution >= 0.6 is 0 Å². The van der Waals surface area contributed by atoms with Gasteiger partial charge in [-0.05, 0) is 44.6 Å². The van der Waals surface area contributed by atoms with E-state index < -0.39 is 0 Å². The normalized spacial score (nSPS) is 27.7. The third-order valence-electron chi connectivity index (χ3n) is 5.71. The van der Waals surface area contributed by atoms with Crippen molar-refractivity contribution in [1.82, 2.24) is 15.5 Å². The average molecular weight is 383 g/mol. The summed E-state index contributed by atoms with van der Waals surface area (Å²) in [6.07, 6.45) is 5.16. The molecule has 3 unspecified atom stereocenters. The lowest BCUT2D eigenvalue weighted by molar-refractivity contribution is -0.0823. The molecule has 6 nitrogen and oxygen atoms in total. The summed E-state index contributed by atoms with van der Waals surface area (Å²) in [5.41, 5.74) is 0.165. The molecule has 3 atom stereocenters. The fraction of sp³-hybridized carbons (Fsp3) is 0.952. The Balaban J connectivity index is 1.89. The SMILES string of the molecule is CCNC(=NCC1CCCOC1C(C)(C)C)NCC1CCCN1CCOC. The summed E-state index contributed by atoms with van der Waals surface area (Å²) in [5, 5.41) is 6.99. The smallest absolute Gasteiger partial charge is 0.191 e. The van der Waals surface area contributed by atoms with E-state index in [1.807, 2.05) is 0 Å².